The molecule has 2 heterocycles. The first-order chi connectivity index (χ1) is 14.3. The maximum absolute atomic E-state index is 12.3. The number of anilines is 1. The molecule has 0 bridgehead atoms. The third-order valence-electron chi connectivity index (χ3n) is 4.73. The van der Waals surface area contributed by atoms with Gasteiger partial charge in [-0.3, -0.25) is 14.9 Å². The van der Waals surface area contributed by atoms with E-state index in [2.05, 4.69) is 15.4 Å². The highest BCUT2D eigenvalue weighted by Crippen LogP contribution is 2.40. The number of carbonyl (C=O) groups is 1. The van der Waals surface area contributed by atoms with Crippen molar-refractivity contribution in [3.05, 3.63) is 79.5 Å². The Morgan fingerprint density at radius 3 is 2.57 bits per heavy atom. The monoisotopic (exact) mass is 444 g/mol. The van der Waals surface area contributed by atoms with E-state index in [4.69, 9.17) is 28.9 Å². The molecule has 2 aromatic carbocycles. The Labute approximate surface area is 180 Å². The molecule has 3 N–H and O–H groups in total. The number of hydrogen-bond donors (Lipinski definition) is 2. The van der Waals surface area contributed by atoms with Crippen LogP contribution in [0.1, 0.15) is 18.5 Å². The van der Waals surface area contributed by atoms with Gasteiger partial charge >= 0.3 is 0 Å². The van der Waals surface area contributed by atoms with Crippen molar-refractivity contribution in [3.63, 3.8) is 0 Å². The molecule has 9 nitrogen and oxygen atoms in total. The van der Waals surface area contributed by atoms with Crippen LogP contribution in [0.2, 0.25) is 10.0 Å². The number of nitro benzene ring substituents is 1. The van der Waals surface area contributed by atoms with Gasteiger partial charge in [-0.05, 0) is 25.1 Å². The van der Waals surface area contributed by atoms with Gasteiger partial charge in [-0.1, -0.05) is 35.3 Å². The van der Waals surface area contributed by atoms with Crippen LogP contribution < -0.4 is 11.1 Å². The number of non-ortho nitro benzene ring substituents is 1. The zero-order valence-corrected chi connectivity index (χ0v) is 17.0. The van der Waals surface area contributed by atoms with Crippen LogP contribution in [0.3, 0.4) is 0 Å². The van der Waals surface area contributed by atoms with Gasteiger partial charge in [0.1, 0.15) is 6.04 Å². The summed E-state index contributed by atoms with van der Waals surface area (Å²) in [7, 11) is 0. The van der Waals surface area contributed by atoms with E-state index >= 15 is 0 Å². The van der Waals surface area contributed by atoms with Crippen LogP contribution in [0.15, 0.2) is 53.7 Å². The van der Waals surface area contributed by atoms with E-state index in [1.165, 1.54) is 16.8 Å². The number of carbonyl (C=O) groups excluding carboxylic acids is 1. The van der Waals surface area contributed by atoms with Crippen molar-refractivity contribution in [2.75, 3.05) is 5.32 Å². The standard InChI is InChI=1S/C19H14Cl2N6O3/c1-9-14(17(22)28)16(12-3-2-4-13(20)15(12)21)26-19(23-9)24-18(25-26)10-5-7-11(8-6-10)27(29)30/h2-8,16H,1H3,(H2,22,28)(H,23,24,25). The number of aromatic nitrogens is 3. The molecule has 3 aromatic rings. The highest BCUT2D eigenvalue weighted by Gasteiger charge is 2.35. The molecule has 1 amide bonds. The molecule has 4 rings (SSSR count). The normalized spacial score (nSPS) is 15.5. The summed E-state index contributed by atoms with van der Waals surface area (Å²) in [6.45, 7) is 1.70. The maximum atomic E-state index is 12.3. The van der Waals surface area contributed by atoms with Crippen molar-refractivity contribution in [2.24, 2.45) is 5.73 Å². The Kier molecular flexibility index (Phi) is 4.92. The molecule has 1 atom stereocenters. The summed E-state index contributed by atoms with van der Waals surface area (Å²) < 4.78 is 1.50. The minimum atomic E-state index is -0.746. The Bertz CT molecular complexity index is 1220. The fraction of sp³-hybridized carbons (Fsp3) is 0.105. The molecule has 1 aromatic heterocycles. The quantitative estimate of drug-likeness (QED) is 0.463. The number of primary amides is 1. The smallest absolute Gasteiger partial charge is 0.269 e. The fourth-order valence-electron chi connectivity index (χ4n) is 3.34. The second-order valence-electron chi connectivity index (χ2n) is 6.58. The lowest BCUT2D eigenvalue weighted by Crippen LogP contribution is -2.32. The molecular weight excluding hydrogens is 431 g/mol. The van der Waals surface area contributed by atoms with Crippen LogP contribution in [0.25, 0.3) is 11.4 Å². The second-order valence-corrected chi connectivity index (χ2v) is 7.37. The van der Waals surface area contributed by atoms with Gasteiger partial charge in [0, 0.05) is 29.0 Å². The zero-order valence-electron chi connectivity index (χ0n) is 15.5. The molecular formula is C19H14Cl2N6O3. The first-order valence-electron chi connectivity index (χ1n) is 8.70. The van der Waals surface area contributed by atoms with Crippen LogP contribution >= 0.6 is 23.2 Å². The molecule has 1 aliphatic heterocycles. The lowest BCUT2D eigenvalue weighted by molar-refractivity contribution is -0.384. The number of halogens is 2. The van der Waals surface area contributed by atoms with Gasteiger partial charge in [-0.2, -0.15) is 4.98 Å². The summed E-state index contributed by atoms with van der Waals surface area (Å²) in [5.41, 5.74) is 7.50. The van der Waals surface area contributed by atoms with E-state index in [9.17, 15) is 14.9 Å². The molecule has 1 unspecified atom stereocenters. The summed E-state index contributed by atoms with van der Waals surface area (Å²) in [5, 5.41) is 19.0. The number of nitro groups is 1. The van der Waals surface area contributed by atoms with E-state index in [1.807, 2.05) is 0 Å². The Balaban J connectivity index is 1.87. The van der Waals surface area contributed by atoms with Gasteiger partial charge in [0.15, 0.2) is 5.82 Å². The van der Waals surface area contributed by atoms with Gasteiger partial charge in [0.2, 0.25) is 11.9 Å². The fourth-order valence-corrected chi connectivity index (χ4v) is 3.76. The average molecular weight is 445 g/mol. The molecule has 0 fully saturated rings. The van der Waals surface area contributed by atoms with Crippen molar-refractivity contribution < 1.29 is 9.72 Å². The first-order valence-corrected chi connectivity index (χ1v) is 9.46. The van der Waals surface area contributed by atoms with Crippen LogP contribution in [0.4, 0.5) is 11.6 Å². The second kappa shape index (κ2) is 7.43. The minimum Gasteiger partial charge on any atom is -0.366 e. The number of amides is 1. The lowest BCUT2D eigenvalue weighted by Gasteiger charge is -2.28. The van der Waals surface area contributed by atoms with Crippen molar-refractivity contribution >= 4 is 40.7 Å². The summed E-state index contributed by atoms with van der Waals surface area (Å²) >= 11 is 12.6. The Morgan fingerprint density at radius 1 is 1.23 bits per heavy atom. The van der Waals surface area contributed by atoms with E-state index in [0.29, 0.717) is 33.6 Å². The summed E-state index contributed by atoms with van der Waals surface area (Å²) in [5.74, 6) is 0.0417. The van der Waals surface area contributed by atoms with Crippen LogP contribution in [-0.4, -0.2) is 25.6 Å². The van der Waals surface area contributed by atoms with E-state index in [1.54, 1.807) is 37.3 Å². The van der Waals surface area contributed by atoms with Crippen molar-refractivity contribution in [3.8, 4) is 11.4 Å². The van der Waals surface area contributed by atoms with Gasteiger partial charge in [-0.25, -0.2) is 4.68 Å². The number of nitrogens with two attached hydrogens (primary N) is 1. The maximum Gasteiger partial charge on any atom is 0.269 e. The number of fused-ring (bicyclic) bond motifs is 1. The number of nitrogens with one attached hydrogen (secondary N) is 1. The van der Waals surface area contributed by atoms with Gasteiger partial charge in [-0.15, -0.1) is 5.10 Å². The molecule has 0 aliphatic carbocycles. The molecule has 152 valence electrons. The average Bonchev–Trinajstić information content (AvgIpc) is 3.12. The summed E-state index contributed by atoms with van der Waals surface area (Å²) in [6, 6.07) is 10.2. The topological polar surface area (TPSA) is 129 Å². The highest BCUT2D eigenvalue weighted by atomic mass is 35.5. The largest absolute Gasteiger partial charge is 0.366 e. The van der Waals surface area contributed by atoms with E-state index in [-0.39, 0.29) is 16.3 Å². The van der Waals surface area contributed by atoms with Crippen molar-refractivity contribution in [1.82, 2.24) is 14.8 Å². The van der Waals surface area contributed by atoms with Gasteiger partial charge in [0.05, 0.1) is 20.5 Å². The predicted octanol–water partition coefficient (Wildman–Crippen LogP) is 3.93. The first kappa shape index (κ1) is 19.9. The lowest BCUT2D eigenvalue weighted by atomic mass is 9.95. The van der Waals surface area contributed by atoms with E-state index < -0.39 is 16.9 Å². The number of benzene rings is 2. The molecule has 0 radical (unpaired) electrons. The zero-order chi connectivity index (χ0) is 21.6. The summed E-state index contributed by atoms with van der Waals surface area (Å²) in [6.07, 6.45) is 0. The van der Waals surface area contributed by atoms with E-state index in [0.717, 1.165) is 0 Å². The number of hydrogen-bond acceptors (Lipinski definition) is 6. The predicted molar refractivity (Wildman–Crippen MR) is 112 cm³/mol. The third-order valence-corrected chi connectivity index (χ3v) is 5.56. The molecule has 0 saturated heterocycles. The SMILES string of the molecule is CC1=C(C(N)=O)C(c2cccc(Cl)c2Cl)n2nc(-c3ccc([N+](=O)[O-])cc3)nc2N1. The minimum absolute atomic E-state index is 0.0436. The Hall–Kier alpha value is -3.43. The number of allylic oxidation sites excluding steroid dienone is 1. The third kappa shape index (κ3) is 3.27. The number of nitrogens with zero attached hydrogens (tertiary/aromatic N) is 4. The van der Waals surface area contributed by atoms with Gasteiger partial charge < -0.3 is 11.1 Å². The molecule has 1 aliphatic rings. The van der Waals surface area contributed by atoms with Crippen LogP contribution in [0.5, 0.6) is 0 Å². The summed E-state index contributed by atoms with van der Waals surface area (Å²) in [4.78, 5) is 27.1. The highest BCUT2D eigenvalue weighted by molar-refractivity contribution is 6.42. The molecule has 0 saturated carbocycles. The molecule has 11 heteroatoms. The van der Waals surface area contributed by atoms with Gasteiger partial charge in [0.25, 0.3) is 5.69 Å². The Morgan fingerprint density at radius 2 is 1.93 bits per heavy atom. The molecule has 30 heavy (non-hydrogen) atoms. The van der Waals surface area contributed by atoms with Crippen molar-refractivity contribution in [1.29, 1.82) is 0 Å². The molecule has 0 spiro atoms. The number of rotatable bonds is 4. The van der Waals surface area contributed by atoms with Crippen LogP contribution in [0, 0.1) is 10.1 Å². The van der Waals surface area contributed by atoms with Crippen LogP contribution in [-0.2, 0) is 4.79 Å². The van der Waals surface area contributed by atoms with Crippen molar-refractivity contribution in [2.45, 2.75) is 13.0 Å².